The van der Waals surface area contributed by atoms with Crippen molar-refractivity contribution in [2.75, 3.05) is 59.5 Å². The van der Waals surface area contributed by atoms with Crippen LogP contribution >= 0.6 is 0 Å². The van der Waals surface area contributed by atoms with E-state index in [2.05, 4.69) is 53.8 Å². The number of rotatable bonds is 3. The third kappa shape index (κ3) is 3.92. The maximum absolute atomic E-state index is 6.03. The van der Waals surface area contributed by atoms with Gasteiger partial charge in [-0.15, -0.1) is 0 Å². The fourth-order valence-electron chi connectivity index (χ4n) is 5.14. The van der Waals surface area contributed by atoms with Crippen molar-refractivity contribution in [2.24, 2.45) is 11.8 Å². The summed E-state index contributed by atoms with van der Waals surface area (Å²) in [7, 11) is 2.23. The summed E-state index contributed by atoms with van der Waals surface area (Å²) in [6.45, 7) is 14.6. The van der Waals surface area contributed by atoms with Gasteiger partial charge in [0, 0.05) is 57.8 Å². The number of nitrogens with zero attached hydrogens (tertiary/aromatic N) is 3. The third-order valence-corrected chi connectivity index (χ3v) is 6.38. The Kier molecular flexibility index (Phi) is 5.14. The fraction of sp³-hybridized carbons (Fsp3) is 0.714. The first kappa shape index (κ1) is 17.5. The van der Waals surface area contributed by atoms with Crippen LogP contribution in [0.1, 0.15) is 16.7 Å². The van der Waals surface area contributed by atoms with Crippen LogP contribution in [-0.2, 0) is 11.3 Å². The predicted octanol–water partition coefficient (Wildman–Crippen LogP) is 2.00. The molecule has 0 aromatic heterocycles. The first-order valence-electron chi connectivity index (χ1n) is 9.88. The molecule has 0 aliphatic carbocycles. The van der Waals surface area contributed by atoms with Gasteiger partial charge in [0.15, 0.2) is 0 Å². The molecule has 0 amide bonds. The number of fused-ring (bicyclic) bond motifs is 1. The Balaban J connectivity index is 1.42. The molecule has 0 bridgehead atoms. The van der Waals surface area contributed by atoms with Crippen LogP contribution in [0.15, 0.2) is 18.2 Å². The molecule has 1 aromatic carbocycles. The van der Waals surface area contributed by atoms with Crippen molar-refractivity contribution in [1.82, 2.24) is 14.7 Å². The highest BCUT2D eigenvalue weighted by molar-refractivity contribution is 5.28. The lowest BCUT2D eigenvalue weighted by Gasteiger charge is -2.44. The summed E-state index contributed by atoms with van der Waals surface area (Å²) in [5, 5.41) is 0. The number of likely N-dealkylation sites (tertiary alicyclic amines) is 1. The van der Waals surface area contributed by atoms with E-state index in [1.54, 1.807) is 0 Å². The van der Waals surface area contributed by atoms with Crippen LogP contribution in [-0.4, -0.2) is 80.3 Å². The maximum atomic E-state index is 6.03. The van der Waals surface area contributed by atoms with E-state index < -0.39 is 0 Å². The molecule has 4 heteroatoms. The van der Waals surface area contributed by atoms with Crippen molar-refractivity contribution in [3.63, 3.8) is 0 Å². The van der Waals surface area contributed by atoms with Gasteiger partial charge in [-0.1, -0.05) is 29.3 Å². The molecule has 0 unspecified atom stereocenters. The van der Waals surface area contributed by atoms with Gasteiger partial charge in [-0.05, 0) is 32.4 Å². The van der Waals surface area contributed by atoms with Gasteiger partial charge in [0.2, 0.25) is 0 Å². The molecule has 3 aliphatic rings. The van der Waals surface area contributed by atoms with E-state index in [0.717, 1.165) is 25.7 Å². The predicted molar refractivity (Wildman–Crippen MR) is 102 cm³/mol. The lowest BCUT2D eigenvalue weighted by atomic mass is 9.86. The molecule has 25 heavy (non-hydrogen) atoms. The number of hydrogen-bond acceptors (Lipinski definition) is 4. The van der Waals surface area contributed by atoms with Gasteiger partial charge in [0.1, 0.15) is 0 Å². The second kappa shape index (κ2) is 7.36. The molecule has 138 valence electrons. The monoisotopic (exact) mass is 343 g/mol. The quantitative estimate of drug-likeness (QED) is 0.835. The number of piperazine rings is 1. The van der Waals surface area contributed by atoms with E-state index in [-0.39, 0.29) is 0 Å². The average Bonchev–Trinajstić information content (AvgIpc) is 2.97. The van der Waals surface area contributed by atoms with Gasteiger partial charge >= 0.3 is 0 Å². The van der Waals surface area contributed by atoms with Gasteiger partial charge in [-0.2, -0.15) is 0 Å². The molecule has 4 nitrogen and oxygen atoms in total. The van der Waals surface area contributed by atoms with Crippen LogP contribution in [0, 0.1) is 25.7 Å². The lowest BCUT2D eigenvalue weighted by Crippen LogP contribution is -2.56. The molecule has 0 saturated carbocycles. The van der Waals surface area contributed by atoms with E-state index in [1.165, 1.54) is 56.0 Å². The smallest absolute Gasteiger partial charge is 0.0625 e. The Hall–Kier alpha value is -0.940. The standard InChI is InChI=1S/C21H33N3O/c1-16-8-17(2)10-18(9-16)11-23-12-19-14-25-15-21(20(19)13-23)24-6-4-22(3)5-7-24/h8-10,19-21H,4-7,11-15H2,1-3H3/t19-,20-,21-/m0/s1. The molecule has 1 aromatic rings. The van der Waals surface area contributed by atoms with Crippen molar-refractivity contribution in [3.05, 3.63) is 34.9 Å². The zero-order valence-electron chi connectivity index (χ0n) is 16.1. The Morgan fingerprint density at radius 2 is 1.68 bits per heavy atom. The van der Waals surface area contributed by atoms with Gasteiger partial charge in [-0.3, -0.25) is 9.80 Å². The van der Waals surface area contributed by atoms with Gasteiger partial charge < -0.3 is 9.64 Å². The van der Waals surface area contributed by atoms with Gasteiger partial charge in [0.25, 0.3) is 0 Å². The summed E-state index contributed by atoms with van der Waals surface area (Å²) in [4.78, 5) is 7.82. The van der Waals surface area contributed by atoms with E-state index in [1.807, 2.05) is 0 Å². The summed E-state index contributed by atoms with van der Waals surface area (Å²) >= 11 is 0. The zero-order valence-corrected chi connectivity index (χ0v) is 16.1. The molecule has 3 aliphatic heterocycles. The summed E-state index contributed by atoms with van der Waals surface area (Å²) in [6.07, 6.45) is 0. The highest BCUT2D eigenvalue weighted by atomic mass is 16.5. The van der Waals surface area contributed by atoms with Gasteiger partial charge in [0.05, 0.1) is 13.2 Å². The van der Waals surface area contributed by atoms with Crippen molar-refractivity contribution >= 4 is 0 Å². The van der Waals surface area contributed by atoms with Crippen molar-refractivity contribution in [3.8, 4) is 0 Å². The van der Waals surface area contributed by atoms with Crippen LogP contribution in [0.4, 0.5) is 0 Å². The number of aryl methyl sites for hydroxylation is 2. The molecule has 3 heterocycles. The maximum Gasteiger partial charge on any atom is 0.0625 e. The SMILES string of the molecule is Cc1cc(C)cc(CN2C[C@H]3COC[C@H](N4CCN(C)CC4)[C@H]3C2)c1. The minimum atomic E-state index is 0.622. The van der Waals surface area contributed by atoms with Gasteiger partial charge in [-0.25, -0.2) is 0 Å². The first-order chi connectivity index (χ1) is 12.1. The van der Waals surface area contributed by atoms with Crippen molar-refractivity contribution < 1.29 is 4.74 Å². The molecular formula is C21H33N3O. The molecule has 3 saturated heterocycles. The minimum absolute atomic E-state index is 0.622. The highest BCUT2D eigenvalue weighted by Gasteiger charge is 2.43. The Labute approximate surface area is 152 Å². The van der Waals surface area contributed by atoms with Crippen LogP contribution in [0.3, 0.4) is 0 Å². The van der Waals surface area contributed by atoms with Crippen LogP contribution in [0.25, 0.3) is 0 Å². The zero-order chi connectivity index (χ0) is 17.4. The second-order valence-corrected chi connectivity index (χ2v) is 8.56. The molecule has 0 N–H and O–H groups in total. The topological polar surface area (TPSA) is 19.0 Å². The largest absolute Gasteiger partial charge is 0.379 e. The highest BCUT2D eigenvalue weighted by Crippen LogP contribution is 2.34. The van der Waals surface area contributed by atoms with E-state index in [0.29, 0.717) is 12.0 Å². The molecule has 3 fully saturated rings. The molecule has 0 radical (unpaired) electrons. The number of hydrogen-bond donors (Lipinski definition) is 0. The third-order valence-electron chi connectivity index (χ3n) is 6.38. The van der Waals surface area contributed by atoms with Crippen molar-refractivity contribution in [1.29, 1.82) is 0 Å². The summed E-state index contributed by atoms with van der Waals surface area (Å²) in [5.41, 5.74) is 4.23. The van der Waals surface area contributed by atoms with Crippen LogP contribution in [0.5, 0.6) is 0 Å². The van der Waals surface area contributed by atoms with E-state index in [4.69, 9.17) is 4.74 Å². The number of likely N-dealkylation sites (N-methyl/N-ethyl adjacent to an activating group) is 1. The summed E-state index contributed by atoms with van der Waals surface area (Å²) in [6, 6.07) is 7.59. The first-order valence-corrected chi connectivity index (χ1v) is 9.88. The Morgan fingerprint density at radius 1 is 0.960 bits per heavy atom. The minimum Gasteiger partial charge on any atom is -0.379 e. The summed E-state index contributed by atoms with van der Waals surface area (Å²) < 4.78 is 6.03. The van der Waals surface area contributed by atoms with Crippen LogP contribution in [0.2, 0.25) is 0 Å². The Morgan fingerprint density at radius 3 is 2.40 bits per heavy atom. The molecule has 0 spiro atoms. The number of ether oxygens (including phenoxy) is 1. The lowest BCUT2D eigenvalue weighted by molar-refractivity contribution is -0.0485. The Bertz CT molecular complexity index is 577. The molecule has 3 atom stereocenters. The van der Waals surface area contributed by atoms with Crippen molar-refractivity contribution in [2.45, 2.75) is 26.4 Å². The average molecular weight is 344 g/mol. The van der Waals surface area contributed by atoms with Crippen LogP contribution < -0.4 is 0 Å². The fourth-order valence-corrected chi connectivity index (χ4v) is 5.14. The van der Waals surface area contributed by atoms with E-state index >= 15 is 0 Å². The molecule has 4 rings (SSSR count). The molecular weight excluding hydrogens is 310 g/mol. The summed E-state index contributed by atoms with van der Waals surface area (Å²) in [5.74, 6) is 1.49. The number of benzene rings is 1. The normalized spacial score (nSPS) is 32.0. The second-order valence-electron chi connectivity index (χ2n) is 8.56. The van der Waals surface area contributed by atoms with E-state index in [9.17, 15) is 0 Å².